The number of hydrogen-bond donors (Lipinski definition) is 1. The molecule has 0 atom stereocenters. The first kappa shape index (κ1) is 11.7. The Bertz CT molecular complexity index is 295. The Kier molecular flexibility index (Phi) is 4.77. The van der Waals surface area contributed by atoms with Crippen LogP contribution in [0, 0.1) is 0 Å². The number of ether oxygens (including phenoxy) is 1. The van der Waals surface area contributed by atoms with Crippen molar-refractivity contribution in [2.24, 2.45) is 0 Å². The Morgan fingerprint density at radius 2 is 2.27 bits per heavy atom. The molecule has 1 heterocycles. The van der Waals surface area contributed by atoms with E-state index in [0.29, 0.717) is 18.5 Å². The lowest BCUT2D eigenvalue weighted by atomic mass is 10.3. The van der Waals surface area contributed by atoms with Crippen molar-refractivity contribution in [1.82, 2.24) is 15.5 Å². The van der Waals surface area contributed by atoms with Gasteiger partial charge in [0.25, 0.3) is 0 Å². The van der Waals surface area contributed by atoms with E-state index in [-0.39, 0.29) is 0 Å². The summed E-state index contributed by atoms with van der Waals surface area (Å²) >= 11 is 0. The van der Waals surface area contributed by atoms with Crippen LogP contribution in [0.2, 0.25) is 0 Å². The molecule has 0 saturated heterocycles. The first-order chi connectivity index (χ1) is 7.22. The van der Waals surface area contributed by atoms with Crippen LogP contribution in [0.25, 0.3) is 0 Å². The molecule has 0 aliphatic rings. The number of nitrogens with zero attached hydrogens (tertiary/aromatic N) is 2. The van der Waals surface area contributed by atoms with E-state index in [1.165, 1.54) is 0 Å². The predicted octanol–water partition coefficient (Wildman–Crippen LogP) is 1.54. The van der Waals surface area contributed by atoms with Gasteiger partial charge in [0.15, 0.2) is 0 Å². The Balaban J connectivity index is 2.45. The van der Waals surface area contributed by atoms with Crippen LogP contribution >= 0.6 is 0 Å². The summed E-state index contributed by atoms with van der Waals surface area (Å²) in [6, 6.07) is 4.16. The zero-order chi connectivity index (χ0) is 11.1. The minimum absolute atomic E-state index is 0.448. The SMILES string of the molecule is C=CCOc1ccc(CNC(C)C)nn1. The molecular formula is C11H17N3O. The van der Waals surface area contributed by atoms with Crippen LogP contribution in [-0.4, -0.2) is 22.8 Å². The summed E-state index contributed by atoms with van der Waals surface area (Å²) in [4.78, 5) is 0. The van der Waals surface area contributed by atoms with Gasteiger partial charge in [0.05, 0.1) is 5.69 Å². The summed E-state index contributed by atoms with van der Waals surface area (Å²) in [5.41, 5.74) is 0.912. The molecule has 0 amide bonds. The molecule has 0 aliphatic heterocycles. The van der Waals surface area contributed by atoms with E-state index in [1.54, 1.807) is 6.08 Å². The summed E-state index contributed by atoms with van der Waals surface area (Å²) in [7, 11) is 0. The summed E-state index contributed by atoms with van der Waals surface area (Å²) in [5, 5.41) is 11.2. The highest BCUT2D eigenvalue weighted by Crippen LogP contribution is 2.04. The molecule has 0 unspecified atom stereocenters. The van der Waals surface area contributed by atoms with Gasteiger partial charge in [-0.1, -0.05) is 26.5 Å². The third-order valence-electron chi connectivity index (χ3n) is 1.74. The van der Waals surface area contributed by atoms with Crippen molar-refractivity contribution in [2.75, 3.05) is 6.61 Å². The van der Waals surface area contributed by atoms with Gasteiger partial charge in [-0.2, -0.15) is 5.10 Å². The van der Waals surface area contributed by atoms with Gasteiger partial charge in [-0.25, -0.2) is 0 Å². The maximum Gasteiger partial charge on any atom is 0.233 e. The Hall–Kier alpha value is -1.42. The van der Waals surface area contributed by atoms with Gasteiger partial charge >= 0.3 is 0 Å². The maximum atomic E-state index is 5.22. The molecule has 15 heavy (non-hydrogen) atoms. The van der Waals surface area contributed by atoms with Gasteiger partial charge in [0.2, 0.25) is 5.88 Å². The first-order valence-electron chi connectivity index (χ1n) is 5.02. The van der Waals surface area contributed by atoms with E-state index >= 15 is 0 Å². The molecular weight excluding hydrogens is 190 g/mol. The summed E-state index contributed by atoms with van der Waals surface area (Å²) < 4.78 is 5.22. The van der Waals surface area contributed by atoms with Crippen LogP contribution < -0.4 is 10.1 Å². The zero-order valence-electron chi connectivity index (χ0n) is 9.23. The molecule has 0 bridgehead atoms. The van der Waals surface area contributed by atoms with Crippen molar-refractivity contribution in [2.45, 2.75) is 26.4 Å². The second-order valence-electron chi connectivity index (χ2n) is 3.50. The third-order valence-corrected chi connectivity index (χ3v) is 1.74. The number of nitrogens with one attached hydrogen (secondary N) is 1. The lowest BCUT2D eigenvalue weighted by Gasteiger charge is -2.07. The second-order valence-corrected chi connectivity index (χ2v) is 3.50. The summed E-state index contributed by atoms with van der Waals surface area (Å²) in [6.45, 7) is 8.93. The highest BCUT2D eigenvalue weighted by Gasteiger charge is 1.99. The molecule has 0 radical (unpaired) electrons. The molecule has 0 fully saturated rings. The van der Waals surface area contributed by atoms with Crippen LogP contribution in [0.3, 0.4) is 0 Å². The summed E-state index contributed by atoms with van der Waals surface area (Å²) in [5.74, 6) is 0.531. The minimum atomic E-state index is 0.448. The van der Waals surface area contributed by atoms with Gasteiger partial charge in [0, 0.05) is 18.7 Å². The van der Waals surface area contributed by atoms with E-state index in [2.05, 4.69) is 35.9 Å². The molecule has 82 valence electrons. The van der Waals surface area contributed by atoms with Crippen molar-refractivity contribution in [3.63, 3.8) is 0 Å². The lowest BCUT2D eigenvalue weighted by molar-refractivity contribution is 0.343. The Labute approximate surface area is 90.4 Å². The quantitative estimate of drug-likeness (QED) is 0.719. The molecule has 1 rings (SSSR count). The fraction of sp³-hybridized carbons (Fsp3) is 0.455. The van der Waals surface area contributed by atoms with Crippen LogP contribution in [0.1, 0.15) is 19.5 Å². The first-order valence-corrected chi connectivity index (χ1v) is 5.02. The molecule has 1 aromatic rings. The normalized spacial score (nSPS) is 10.3. The van der Waals surface area contributed by atoms with Gasteiger partial charge < -0.3 is 10.1 Å². The fourth-order valence-electron chi connectivity index (χ4n) is 0.972. The van der Waals surface area contributed by atoms with E-state index < -0.39 is 0 Å². The molecule has 0 saturated carbocycles. The van der Waals surface area contributed by atoms with E-state index in [1.807, 2.05) is 12.1 Å². The van der Waals surface area contributed by atoms with Crippen LogP contribution in [0.4, 0.5) is 0 Å². The van der Waals surface area contributed by atoms with Crippen LogP contribution in [-0.2, 0) is 6.54 Å². The van der Waals surface area contributed by atoms with E-state index in [4.69, 9.17) is 4.74 Å². The largest absolute Gasteiger partial charge is 0.472 e. The smallest absolute Gasteiger partial charge is 0.233 e. The minimum Gasteiger partial charge on any atom is -0.472 e. The monoisotopic (exact) mass is 207 g/mol. The van der Waals surface area contributed by atoms with Crippen molar-refractivity contribution in [3.05, 3.63) is 30.5 Å². The van der Waals surface area contributed by atoms with E-state index in [9.17, 15) is 0 Å². The fourth-order valence-corrected chi connectivity index (χ4v) is 0.972. The standard InChI is InChI=1S/C11H17N3O/c1-4-7-15-11-6-5-10(13-14-11)8-12-9(2)3/h4-6,9,12H,1,7-8H2,2-3H3. The topological polar surface area (TPSA) is 47.0 Å². The van der Waals surface area contributed by atoms with Gasteiger partial charge in [0.1, 0.15) is 6.61 Å². The second kappa shape index (κ2) is 6.14. The average molecular weight is 207 g/mol. The molecule has 4 heteroatoms. The molecule has 0 aliphatic carbocycles. The van der Waals surface area contributed by atoms with Crippen molar-refractivity contribution >= 4 is 0 Å². The highest BCUT2D eigenvalue weighted by molar-refractivity contribution is 5.11. The number of aromatic nitrogens is 2. The third kappa shape index (κ3) is 4.56. The molecule has 4 nitrogen and oxygen atoms in total. The highest BCUT2D eigenvalue weighted by atomic mass is 16.5. The molecule has 0 aromatic carbocycles. The predicted molar refractivity (Wildman–Crippen MR) is 59.7 cm³/mol. The van der Waals surface area contributed by atoms with Gasteiger partial charge in [-0.05, 0) is 6.07 Å². The maximum absolute atomic E-state index is 5.22. The molecule has 1 N–H and O–H groups in total. The van der Waals surface area contributed by atoms with Gasteiger partial charge in [-0.15, -0.1) is 5.10 Å². The van der Waals surface area contributed by atoms with Crippen LogP contribution in [0.5, 0.6) is 5.88 Å². The number of hydrogen-bond acceptors (Lipinski definition) is 4. The average Bonchev–Trinajstić information content (AvgIpc) is 2.25. The lowest BCUT2D eigenvalue weighted by Crippen LogP contribution is -2.22. The summed E-state index contributed by atoms with van der Waals surface area (Å²) in [6.07, 6.45) is 1.68. The molecule has 1 aromatic heterocycles. The van der Waals surface area contributed by atoms with Crippen LogP contribution in [0.15, 0.2) is 24.8 Å². The van der Waals surface area contributed by atoms with E-state index in [0.717, 1.165) is 12.2 Å². The Morgan fingerprint density at radius 1 is 1.47 bits per heavy atom. The van der Waals surface area contributed by atoms with Crippen molar-refractivity contribution in [3.8, 4) is 5.88 Å². The Morgan fingerprint density at radius 3 is 2.80 bits per heavy atom. The van der Waals surface area contributed by atoms with Crippen molar-refractivity contribution in [1.29, 1.82) is 0 Å². The van der Waals surface area contributed by atoms with Crippen molar-refractivity contribution < 1.29 is 4.74 Å². The number of rotatable bonds is 6. The molecule has 0 spiro atoms. The van der Waals surface area contributed by atoms with Gasteiger partial charge in [-0.3, -0.25) is 0 Å². The zero-order valence-corrected chi connectivity index (χ0v) is 9.23.